The van der Waals surface area contributed by atoms with Crippen LogP contribution in [0.1, 0.15) is 17.4 Å². The number of hydrogen-bond acceptors (Lipinski definition) is 6. The summed E-state index contributed by atoms with van der Waals surface area (Å²) in [4.78, 5) is 0. The standard InChI is InChI=1S/C20H23NO5/c21-16-17(22)18-15(12-24-19(26-18)14-9-5-2-6-10-14)25-20(16)23-11-13-7-3-1-4-8-13/h1-10,15-20,22H,11-12,21H2/t15-,16-,17+,18-,19?,20+/m0/s1. The van der Waals surface area contributed by atoms with Crippen molar-refractivity contribution >= 4 is 0 Å². The van der Waals surface area contributed by atoms with E-state index in [1.54, 1.807) is 0 Å². The Balaban J connectivity index is 1.40. The van der Waals surface area contributed by atoms with Gasteiger partial charge in [0.25, 0.3) is 0 Å². The summed E-state index contributed by atoms with van der Waals surface area (Å²) >= 11 is 0. The smallest absolute Gasteiger partial charge is 0.184 e. The molecule has 0 saturated carbocycles. The lowest BCUT2D eigenvalue weighted by atomic mass is 9.96. The molecule has 138 valence electrons. The molecule has 1 unspecified atom stereocenters. The van der Waals surface area contributed by atoms with Crippen LogP contribution < -0.4 is 5.73 Å². The number of fused-ring (bicyclic) bond motifs is 1. The minimum atomic E-state index is -0.898. The van der Waals surface area contributed by atoms with Crippen LogP contribution >= 0.6 is 0 Å². The first-order chi connectivity index (χ1) is 12.7. The Hall–Kier alpha value is -1.80. The van der Waals surface area contributed by atoms with Crippen molar-refractivity contribution in [3.8, 4) is 0 Å². The van der Waals surface area contributed by atoms with Crippen LogP contribution in [-0.2, 0) is 25.6 Å². The summed E-state index contributed by atoms with van der Waals surface area (Å²) < 4.78 is 23.4. The van der Waals surface area contributed by atoms with Gasteiger partial charge < -0.3 is 29.8 Å². The van der Waals surface area contributed by atoms with Gasteiger partial charge in [-0.2, -0.15) is 0 Å². The van der Waals surface area contributed by atoms with Crippen LogP contribution in [-0.4, -0.2) is 42.4 Å². The van der Waals surface area contributed by atoms with Crippen molar-refractivity contribution < 1.29 is 24.1 Å². The van der Waals surface area contributed by atoms with Crippen molar-refractivity contribution in [3.05, 3.63) is 71.8 Å². The molecule has 2 aromatic rings. The van der Waals surface area contributed by atoms with Crippen LogP contribution in [0.5, 0.6) is 0 Å². The predicted octanol–water partition coefficient (Wildman–Crippen LogP) is 1.73. The highest BCUT2D eigenvalue weighted by molar-refractivity contribution is 5.17. The Bertz CT molecular complexity index is 696. The maximum Gasteiger partial charge on any atom is 0.184 e. The van der Waals surface area contributed by atoms with E-state index in [2.05, 4.69) is 0 Å². The van der Waals surface area contributed by atoms with Gasteiger partial charge in [0.1, 0.15) is 18.3 Å². The molecule has 2 saturated heterocycles. The summed E-state index contributed by atoms with van der Waals surface area (Å²) in [5.74, 6) is 0. The van der Waals surface area contributed by atoms with Crippen molar-refractivity contribution in [2.75, 3.05) is 6.61 Å². The molecule has 0 aromatic heterocycles. The number of benzene rings is 2. The number of hydrogen-bond donors (Lipinski definition) is 2. The van der Waals surface area contributed by atoms with Crippen LogP contribution in [0.4, 0.5) is 0 Å². The van der Waals surface area contributed by atoms with Crippen LogP contribution in [0.3, 0.4) is 0 Å². The van der Waals surface area contributed by atoms with Crippen molar-refractivity contribution in [2.45, 2.75) is 43.5 Å². The fourth-order valence-corrected chi connectivity index (χ4v) is 3.29. The molecule has 0 amide bonds. The van der Waals surface area contributed by atoms with E-state index in [4.69, 9.17) is 24.7 Å². The molecule has 2 aliphatic heterocycles. The molecule has 0 aliphatic carbocycles. The van der Waals surface area contributed by atoms with Gasteiger partial charge in [-0.3, -0.25) is 0 Å². The summed E-state index contributed by atoms with van der Waals surface area (Å²) in [6.07, 6.45) is -3.13. The molecular formula is C20H23NO5. The molecule has 0 bridgehead atoms. The van der Waals surface area contributed by atoms with E-state index < -0.39 is 36.9 Å². The topological polar surface area (TPSA) is 83.2 Å². The van der Waals surface area contributed by atoms with Crippen LogP contribution in [0, 0.1) is 0 Å². The quantitative estimate of drug-likeness (QED) is 0.867. The molecule has 6 atom stereocenters. The number of nitrogens with two attached hydrogens (primary N) is 1. The molecule has 2 fully saturated rings. The summed E-state index contributed by atoms with van der Waals surface area (Å²) in [6, 6.07) is 18.7. The minimum absolute atomic E-state index is 0.305. The lowest BCUT2D eigenvalue weighted by molar-refractivity contribution is -0.343. The zero-order valence-electron chi connectivity index (χ0n) is 14.3. The Labute approximate surface area is 152 Å². The fraction of sp³-hybridized carbons (Fsp3) is 0.400. The van der Waals surface area contributed by atoms with E-state index >= 15 is 0 Å². The lowest BCUT2D eigenvalue weighted by Crippen LogP contribution is -2.64. The monoisotopic (exact) mass is 357 g/mol. The second-order valence-corrected chi connectivity index (χ2v) is 6.58. The molecule has 2 aromatic carbocycles. The highest BCUT2D eigenvalue weighted by atomic mass is 16.7. The molecule has 6 heteroatoms. The van der Waals surface area contributed by atoms with E-state index in [9.17, 15) is 5.11 Å². The van der Waals surface area contributed by atoms with E-state index in [1.807, 2.05) is 60.7 Å². The molecule has 26 heavy (non-hydrogen) atoms. The number of ether oxygens (including phenoxy) is 4. The third kappa shape index (κ3) is 3.66. The third-order valence-electron chi connectivity index (χ3n) is 4.74. The first-order valence-electron chi connectivity index (χ1n) is 8.79. The Morgan fingerprint density at radius 1 is 1.00 bits per heavy atom. The van der Waals surface area contributed by atoms with E-state index in [0.717, 1.165) is 11.1 Å². The SMILES string of the molecule is N[C@@H]1[C@H](OCc2ccccc2)O[C@H]2COC(c3ccccc3)O[C@@H]2[C@@H]1O. The summed E-state index contributed by atoms with van der Waals surface area (Å²) in [5.41, 5.74) is 8.07. The molecule has 3 N–H and O–H groups in total. The predicted molar refractivity (Wildman–Crippen MR) is 93.9 cm³/mol. The summed E-state index contributed by atoms with van der Waals surface area (Å²) in [7, 11) is 0. The zero-order chi connectivity index (χ0) is 17.9. The van der Waals surface area contributed by atoms with Crippen LogP contribution in [0.2, 0.25) is 0 Å². The van der Waals surface area contributed by atoms with Crippen LogP contribution in [0.25, 0.3) is 0 Å². The van der Waals surface area contributed by atoms with Crippen molar-refractivity contribution in [3.63, 3.8) is 0 Å². The second kappa shape index (κ2) is 7.84. The zero-order valence-corrected chi connectivity index (χ0v) is 14.3. The Morgan fingerprint density at radius 2 is 1.69 bits per heavy atom. The van der Waals surface area contributed by atoms with Gasteiger partial charge in [-0.1, -0.05) is 60.7 Å². The van der Waals surface area contributed by atoms with Crippen LogP contribution in [0.15, 0.2) is 60.7 Å². The minimum Gasteiger partial charge on any atom is -0.388 e. The molecule has 0 radical (unpaired) electrons. The van der Waals surface area contributed by atoms with Gasteiger partial charge in [0.15, 0.2) is 12.6 Å². The highest BCUT2D eigenvalue weighted by Gasteiger charge is 2.48. The third-order valence-corrected chi connectivity index (χ3v) is 4.74. The fourth-order valence-electron chi connectivity index (χ4n) is 3.29. The lowest BCUT2D eigenvalue weighted by Gasteiger charge is -2.46. The average Bonchev–Trinajstić information content (AvgIpc) is 2.71. The average molecular weight is 357 g/mol. The first kappa shape index (κ1) is 17.6. The van der Waals surface area contributed by atoms with Gasteiger partial charge >= 0.3 is 0 Å². The van der Waals surface area contributed by atoms with Gasteiger partial charge in [-0.15, -0.1) is 0 Å². The van der Waals surface area contributed by atoms with Gasteiger partial charge in [-0.05, 0) is 5.56 Å². The van der Waals surface area contributed by atoms with Gasteiger partial charge in [-0.25, -0.2) is 0 Å². The molecule has 6 nitrogen and oxygen atoms in total. The maximum absolute atomic E-state index is 10.6. The molecule has 2 aliphatic rings. The number of aliphatic hydroxyl groups is 1. The number of rotatable bonds is 4. The van der Waals surface area contributed by atoms with E-state index in [-0.39, 0.29) is 0 Å². The summed E-state index contributed by atoms with van der Waals surface area (Å²) in [6.45, 7) is 0.664. The second-order valence-electron chi connectivity index (χ2n) is 6.58. The van der Waals surface area contributed by atoms with Gasteiger partial charge in [0.05, 0.1) is 19.3 Å². The van der Waals surface area contributed by atoms with Crippen molar-refractivity contribution in [1.29, 1.82) is 0 Å². The Kier molecular flexibility index (Phi) is 5.31. The normalized spacial score (nSPS) is 34.2. The number of aliphatic hydroxyl groups excluding tert-OH is 1. The summed E-state index contributed by atoms with van der Waals surface area (Å²) in [5, 5.41) is 10.6. The largest absolute Gasteiger partial charge is 0.388 e. The molecular weight excluding hydrogens is 334 g/mol. The molecule has 2 heterocycles. The molecule has 4 rings (SSSR count). The van der Waals surface area contributed by atoms with Crippen molar-refractivity contribution in [2.24, 2.45) is 5.73 Å². The van der Waals surface area contributed by atoms with Gasteiger partial charge in [0, 0.05) is 5.56 Å². The van der Waals surface area contributed by atoms with Gasteiger partial charge in [0.2, 0.25) is 0 Å². The van der Waals surface area contributed by atoms with Crippen molar-refractivity contribution in [1.82, 2.24) is 0 Å². The van der Waals surface area contributed by atoms with E-state index in [1.165, 1.54) is 0 Å². The highest BCUT2D eigenvalue weighted by Crippen LogP contribution is 2.33. The maximum atomic E-state index is 10.6. The Morgan fingerprint density at radius 3 is 2.42 bits per heavy atom. The first-order valence-corrected chi connectivity index (χ1v) is 8.79. The molecule has 0 spiro atoms. The van der Waals surface area contributed by atoms with E-state index in [0.29, 0.717) is 13.2 Å².